The van der Waals surface area contributed by atoms with Crippen LogP contribution in [0.2, 0.25) is 0 Å². The van der Waals surface area contributed by atoms with Crippen LogP contribution < -0.4 is 19.5 Å². The van der Waals surface area contributed by atoms with Gasteiger partial charge in [-0.2, -0.15) is 4.98 Å². The van der Waals surface area contributed by atoms with Gasteiger partial charge in [0.25, 0.3) is 5.91 Å². The third kappa shape index (κ3) is 3.71. The van der Waals surface area contributed by atoms with E-state index < -0.39 is 0 Å². The molecule has 1 N–H and O–H groups in total. The van der Waals surface area contributed by atoms with Gasteiger partial charge in [-0.15, -0.1) is 0 Å². The minimum atomic E-state index is -0.285. The van der Waals surface area contributed by atoms with Gasteiger partial charge in [0.05, 0.1) is 0 Å². The number of benzene rings is 1. The summed E-state index contributed by atoms with van der Waals surface area (Å²) in [4.78, 5) is 15.8. The summed E-state index contributed by atoms with van der Waals surface area (Å²) in [6.07, 6.45) is -0.00747. The molecule has 0 atom stereocenters. The SMILES string of the molecule is CC(C)c1noc(OCC(=O)NCc2ccc3c(c2)OCO3)n1. The van der Waals surface area contributed by atoms with Crippen LogP contribution in [0.25, 0.3) is 0 Å². The zero-order valence-electron chi connectivity index (χ0n) is 12.9. The molecular formula is C15H17N3O5. The number of carbonyl (C=O) groups excluding carboxylic acids is 1. The molecule has 0 unspecified atom stereocenters. The minimum absolute atomic E-state index is 0.00747. The Morgan fingerprint density at radius 2 is 2.17 bits per heavy atom. The average molecular weight is 319 g/mol. The number of carbonyl (C=O) groups is 1. The van der Waals surface area contributed by atoms with Crippen molar-refractivity contribution < 1.29 is 23.5 Å². The molecule has 1 aromatic heterocycles. The molecule has 0 radical (unpaired) electrons. The van der Waals surface area contributed by atoms with E-state index in [0.717, 1.165) is 5.56 Å². The first-order valence-electron chi connectivity index (χ1n) is 7.23. The highest BCUT2D eigenvalue weighted by Crippen LogP contribution is 2.32. The number of fused-ring (bicyclic) bond motifs is 1. The molecule has 122 valence electrons. The van der Waals surface area contributed by atoms with E-state index in [4.69, 9.17) is 18.7 Å². The lowest BCUT2D eigenvalue weighted by Gasteiger charge is -2.06. The van der Waals surface area contributed by atoms with Crippen molar-refractivity contribution in [1.82, 2.24) is 15.5 Å². The number of ether oxygens (including phenoxy) is 3. The van der Waals surface area contributed by atoms with Gasteiger partial charge in [0.15, 0.2) is 23.9 Å². The number of aromatic nitrogens is 2. The molecule has 23 heavy (non-hydrogen) atoms. The Labute approximate surface area is 132 Å². The third-order valence-corrected chi connectivity index (χ3v) is 3.19. The van der Waals surface area contributed by atoms with E-state index in [0.29, 0.717) is 23.9 Å². The Kier molecular flexibility index (Phi) is 4.31. The van der Waals surface area contributed by atoms with Gasteiger partial charge in [-0.1, -0.05) is 25.1 Å². The molecule has 0 spiro atoms. The quantitative estimate of drug-likeness (QED) is 0.864. The first kappa shape index (κ1) is 15.1. The van der Waals surface area contributed by atoms with Crippen LogP contribution in [0.15, 0.2) is 22.7 Å². The Morgan fingerprint density at radius 1 is 1.35 bits per heavy atom. The van der Waals surface area contributed by atoms with E-state index in [1.165, 1.54) is 0 Å². The van der Waals surface area contributed by atoms with Crippen molar-refractivity contribution in [1.29, 1.82) is 0 Å². The maximum atomic E-state index is 11.8. The van der Waals surface area contributed by atoms with Crippen LogP contribution in [0.1, 0.15) is 31.2 Å². The van der Waals surface area contributed by atoms with Gasteiger partial charge in [-0.3, -0.25) is 9.32 Å². The summed E-state index contributed by atoms with van der Waals surface area (Å²) in [5.41, 5.74) is 0.905. The maximum absolute atomic E-state index is 11.8. The fraction of sp³-hybridized carbons (Fsp3) is 0.400. The lowest BCUT2D eigenvalue weighted by Crippen LogP contribution is -2.28. The van der Waals surface area contributed by atoms with Crippen molar-refractivity contribution >= 4 is 5.91 Å². The van der Waals surface area contributed by atoms with Crippen LogP contribution in [0.3, 0.4) is 0 Å². The molecule has 1 aliphatic heterocycles. The fourth-order valence-corrected chi connectivity index (χ4v) is 1.94. The van der Waals surface area contributed by atoms with Crippen molar-refractivity contribution in [3.05, 3.63) is 29.6 Å². The van der Waals surface area contributed by atoms with Crippen LogP contribution in [0.5, 0.6) is 17.6 Å². The lowest BCUT2D eigenvalue weighted by molar-refractivity contribution is -0.123. The Balaban J connectivity index is 1.46. The monoisotopic (exact) mass is 319 g/mol. The molecular weight excluding hydrogens is 302 g/mol. The summed E-state index contributed by atoms with van der Waals surface area (Å²) in [5, 5.41) is 6.49. The van der Waals surface area contributed by atoms with Crippen molar-refractivity contribution in [2.75, 3.05) is 13.4 Å². The van der Waals surface area contributed by atoms with Gasteiger partial charge in [-0.25, -0.2) is 0 Å². The number of hydrogen-bond donors (Lipinski definition) is 1. The lowest BCUT2D eigenvalue weighted by atomic mass is 10.2. The minimum Gasteiger partial charge on any atom is -0.454 e. The van der Waals surface area contributed by atoms with Crippen LogP contribution >= 0.6 is 0 Å². The standard InChI is InChI=1S/C15H17N3O5/c1-9(2)14-17-15(23-18-14)20-7-13(19)16-6-10-3-4-11-12(5-10)22-8-21-11/h3-5,9H,6-8H2,1-2H3,(H,16,19). The zero-order chi connectivity index (χ0) is 16.2. The first-order valence-corrected chi connectivity index (χ1v) is 7.23. The summed E-state index contributed by atoms with van der Waals surface area (Å²) in [7, 11) is 0. The van der Waals surface area contributed by atoms with E-state index in [1.807, 2.05) is 32.0 Å². The topological polar surface area (TPSA) is 95.7 Å². The smallest absolute Gasteiger partial charge is 0.417 e. The number of hydrogen-bond acceptors (Lipinski definition) is 7. The molecule has 1 aromatic carbocycles. The molecule has 0 saturated carbocycles. The highest BCUT2D eigenvalue weighted by molar-refractivity contribution is 5.77. The molecule has 1 amide bonds. The Bertz CT molecular complexity index is 698. The fourth-order valence-electron chi connectivity index (χ4n) is 1.94. The molecule has 3 rings (SSSR count). The second kappa shape index (κ2) is 6.55. The summed E-state index contributed by atoms with van der Waals surface area (Å²) < 4.78 is 20.6. The number of rotatable bonds is 6. The highest BCUT2D eigenvalue weighted by Gasteiger charge is 2.14. The van der Waals surface area contributed by atoms with E-state index in [9.17, 15) is 4.79 Å². The Morgan fingerprint density at radius 3 is 2.96 bits per heavy atom. The van der Waals surface area contributed by atoms with Gasteiger partial charge >= 0.3 is 6.08 Å². The molecule has 0 bridgehead atoms. The van der Waals surface area contributed by atoms with Crippen molar-refractivity contribution in [3.8, 4) is 17.6 Å². The van der Waals surface area contributed by atoms with E-state index >= 15 is 0 Å². The third-order valence-electron chi connectivity index (χ3n) is 3.19. The van der Waals surface area contributed by atoms with E-state index in [2.05, 4.69) is 15.5 Å². The van der Waals surface area contributed by atoms with Crippen LogP contribution in [0, 0.1) is 0 Å². The average Bonchev–Trinajstić information content (AvgIpc) is 3.19. The largest absolute Gasteiger partial charge is 0.454 e. The molecule has 1 aliphatic rings. The second-order valence-electron chi connectivity index (χ2n) is 5.33. The first-order chi connectivity index (χ1) is 11.1. The van der Waals surface area contributed by atoms with Gasteiger partial charge in [-0.05, 0) is 17.7 Å². The molecule has 2 aromatic rings. The number of amides is 1. The van der Waals surface area contributed by atoms with Crippen LogP contribution in [-0.4, -0.2) is 29.4 Å². The van der Waals surface area contributed by atoms with Gasteiger partial charge < -0.3 is 19.5 Å². The maximum Gasteiger partial charge on any atom is 0.417 e. The predicted octanol–water partition coefficient (Wildman–Crippen LogP) is 1.62. The normalized spacial score (nSPS) is 12.5. The molecule has 0 saturated heterocycles. The summed E-state index contributed by atoms with van der Waals surface area (Å²) in [6, 6.07) is 5.50. The molecule has 8 nitrogen and oxygen atoms in total. The van der Waals surface area contributed by atoms with Crippen LogP contribution in [-0.2, 0) is 11.3 Å². The summed E-state index contributed by atoms with van der Waals surface area (Å²) in [5.74, 6) is 1.78. The molecule has 0 fully saturated rings. The summed E-state index contributed by atoms with van der Waals surface area (Å²) in [6.45, 7) is 4.27. The number of nitrogens with zero attached hydrogens (tertiary/aromatic N) is 2. The summed E-state index contributed by atoms with van der Waals surface area (Å²) >= 11 is 0. The van der Waals surface area contributed by atoms with Crippen molar-refractivity contribution in [3.63, 3.8) is 0 Å². The molecule has 0 aliphatic carbocycles. The van der Waals surface area contributed by atoms with E-state index in [1.54, 1.807) is 0 Å². The molecule has 2 heterocycles. The highest BCUT2D eigenvalue weighted by atomic mass is 16.7. The second-order valence-corrected chi connectivity index (χ2v) is 5.33. The van der Waals surface area contributed by atoms with Gasteiger partial charge in [0.2, 0.25) is 6.79 Å². The van der Waals surface area contributed by atoms with Gasteiger partial charge in [0, 0.05) is 12.5 Å². The van der Waals surface area contributed by atoms with Crippen LogP contribution in [0.4, 0.5) is 0 Å². The zero-order valence-corrected chi connectivity index (χ0v) is 12.9. The van der Waals surface area contributed by atoms with Gasteiger partial charge in [0.1, 0.15) is 0 Å². The Hall–Kier alpha value is -2.77. The molecule has 8 heteroatoms. The van der Waals surface area contributed by atoms with Crippen molar-refractivity contribution in [2.45, 2.75) is 26.3 Å². The number of nitrogens with one attached hydrogen (secondary N) is 1. The van der Waals surface area contributed by atoms with E-state index in [-0.39, 0.29) is 31.3 Å². The predicted molar refractivity (Wildman–Crippen MR) is 78.3 cm³/mol. The van der Waals surface area contributed by atoms with Crippen molar-refractivity contribution in [2.24, 2.45) is 0 Å².